The fraction of sp³-hybridized carbons (Fsp3) is 0.714. The molecule has 0 aliphatic carbocycles. The molecule has 0 rings (SSSR count). The van der Waals surface area contributed by atoms with E-state index in [1.54, 1.807) is 6.20 Å². The van der Waals surface area contributed by atoms with E-state index in [-0.39, 0.29) is 0 Å². The van der Waals surface area contributed by atoms with Gasteiger partial charge in [-0.2, -0.15) is 0 Å². The summed E-state index contributed by atoms with van der Waals surface area (Å²) in [5.41, 5.74) is 5.20. The van der Waals surface area contributed by atoms with Crippen LogP contribution in [0, 0.1) is 5.92 Å². The average Bonchev–Trinajstić information content (AvgIpc) is 1.83. The molecule has 0 aromatic rings. The maximum absolute atomic E-state index is 5.20. The minimum Gasteiger partial charge on any atom is -0.405 e. The highest BCUT2D eigenvalue weighted by atomic mass is 14.5. The monoisotopic (exact) mass is 113 g/mol. The van der Waals surface area contributed by atoms with Gasteiger partial charge in [0.25, 0.3) is 0 Å². The van der Waals surface area contributed by atoms with Crippen LogP contribution in [0.4, 0.5) is 0 Å². The van der Waals surface area contributed by atoms with Crippen LogP contribution in [0.15, 0.2) is 12.3 Å². The van der Waals surface area contributed by atoms with Crippen LogP contribution < -0.4 is 5.73 Å². The number of allylic oxidation sites excluding steroid dienone is 1. The first-order valence-corrected chi connectivity index (χ1v) is 3.23. The van der Waals surface area contributed by atoms with Crippen LogP contribution in [-0.2, 0) is 0 Å². The number of hydrogen-bond donors (Lipinski definition) is 1. The van der Waals surface area contributed by atoms with Crippen molar-refractivity contribution in [1.29, 1.82) is 0 Å². The van der Waals surface area contributed by atoms with Gasteiger partial charge in [0.05, 0.1) is 0 Å². The molecular formula is C7H15N. The Morgan fingerprint density at radius 1 is 1.38 bits per heavy atom. The predicted molar refractivity (Wildman–Crippen MR) is 37.4 cm³/mol. The second-order valence-corrected chi connectivity index (χ2v) is 1.96. The van der Waals surface area contributed by atoms with Crippen molar-refractivity contribution in [2.75, 3.05) is 0 Å². The standard InChI is InChI=1S/C7H15N/c1-3-7(4-2)5-6-8/h5-7H,3-4,8H2,1-2H3. The van der Waals surface area contributed by atoms with Gasteiger partial charge < -0.3 is 5.73 Å². The van der Waals surface area contributed by atoms with Crippen LogP contribution in [-0.4, -0.2) is 0 Å². The molecule has 0 bridgehead atoms. The Bertz CT molecular complexity index is 62.8. The van der Waals surface area contributed by atoms with Crippen LogP contribution in [0.25, 0.3) is 0 Å². The molecular weight excluding hydrogens is 98.1 g/mol. The Labute approximate surface area is 51.6 Å². The summed E-state index contributed by atoms with van der Waals surface area (Å²) in [4.78, 5) is 0. The third kappa shape index (κ3) is 2.67. The number of hydrogen-bond acceptors (Lipinski definition) is 1. The summed E-state index contributed by atoms with van der Waals surface area (Å²) in [7, 11) is 0. The fourth-order valence-corrected chi connectivity index (χ4v) is 0.718. The van der Waals surface area contributed by atoms with E-state index < -0.39 is 0 Å². The molecule has 0 fully saturated rings. The zero-order valence-corrected chi connectivity index (χ0v) is 5.72. The van der Waals surface area contributed by atoms with E-state index in [2.05, 4.69) is 19.9 Å². The van der Waals surface area contributed by atoms with E-state index in [0.717, 1.165) is 0 Å². The molecule has 0 unspecified atom stereocenters. The largest absolute Gasteiger partial charge is 0.405 e. The van der Waals surface area contributed by atoms with Crippen molar-refractivity contribution in [2.45, 2.75) is 26.7 Å². The lowest BCUT2D eigenvalue weighted by Gasteiger charge is -2.02. The van der Waals surface area contributed by atoms with Gasteiger partial charge in [-0.1, -0.05) is 19.9 Å². The van der Waals surface area contributed by atoms with Crippen LogP contribution in [0.2, 0.25) is 0 Å². The van der Waals surface area contributed by atoms with E-state index in [1.165, 1.54) is 12.8 Å². The zero-order chi connectivity index (χ0) is 6.41. The molecule has 0 heterocycles. The Kier molecular flexibility index (Phi) is 4.42. The first-order chi connectivity index (χ1) is 3.85. The highest BCUT2D eigenvalue weighted by Gasteiger charge is 1.93. The van der Waals surface area contributed by atoms with Crippen LogP contribution in [0.1, 0.15) is 26.7 Å². The summed E-state index contributed by atoms with van der Waals surface area (Å²) >= 11 is 0. The first-order valence-electron chi connectivity index (χ1n) is 3.23. The molecule has 1 nitrogen and oxygen atoms in total. The Morgan fingerprint density at radius 3 is 2.00 bits per heavy atom. The fourth-order valence-electron chi connectivity index (χ4n) is 0.718. The molecule has 0 amide bonds. The highest BCUT2D eigenvalue weighted by molar-refractivity contribution is 4.82. The maximum Gasteiger partial charge on any atom is -0.0100 e. The molecule has 0 aliphatic rings. The van der Waals surface area contributed by atoms with Gasteiger partial charge in [-0.3, -0.25) is 0 Å². The molecule has 0 aromatic carbocycles. The van der Waals surface area contributed by atoms with Gasteiger partial charge in [-0.15, -0.1) is 0 Å². The lowest BCUT2D eigenvalue weighted by atomic mass is 10.0. The molecule has 0 aromatic heterocycles. The summed E-state index contributed by atoms with van der Waals surface area (Å²) in [6.07, 6.45) is 6.09. The molecule has 8 heavy (non-hydrogen) atoms. The van der Waals surface area contributed by atoms with E-state index in [9.17, 15) is 0 Å². The van der Waals surface area contributed by atoms with Gasteiger partial charge in [-0.25, -0.2) is 0 Å². The first kappa shape index (κ1) is 7.54. The summed E-state index contributed by atoms with van der Waals surface area (Å²) in [5.74, 6) is 0.694. The van der Waals surface area contributed by atoms with Gasteiger partial charge >= 0.3 is 0 Å². The molecule has 0 saturated carbocycles. The normalized spacial score (nSPS) is 11.4. The van der Waals surface area contributed by atoms with Crippen molar-refractivity contribution in [1.82, 2.24) is 0 Å². The average molecular weight is 113 g/mol. The van der Waals surface area contributed by atoms with Gasteiger partial charge in [0, 0.05) is 0 Å². The van der Waals surface area contributed by atoms with E-state index in [0.29, 0.717) is 5.92 Å². The number of rotatable bonds is 3. The summed E-state index contributed by atoms with van der Waals surface area (Å²) in [5, 5.41) is 0. The number of nitrogens with two attached hydrogens (primary N) is 1. The summed E-state index contributed by atoms with van der Waals surface area (Å²) in [6.45, 7) is 4.35. The predicted octanol–water partition coefficient (Wildman–Crippen LogP) is 1.90. The Hall–Kier alpha value is -0.460. The molecule has 0 aliphatic heterocycles. The molecule has 0 radical (unpaired) electrons. The minimum atomic E-state index is 0.694. The highest BCUT2D eigenvalue weighted by Crippen LogP contribution is 2.06. The van der Waals surface area contributed by atoms with Crippen LogP contribution >= 0.6 is 0 Å². The quantitative estimate of drug-likeness (QED) is 0.594. The van der Waals surface area contributed by atoms with Crippen molar-refractivity contribution in [3.05, 3.63) is 12.3 Å². The second kappa shape index (κ2) is 4.69. The van der Waals surface area contributed by atoms with Gasteiger partial charge in [0.1, 0.15) is 0 Å². The van der Waals surface area contributed by atoms with Crippen molar-refractivity contribution in [2.24, 2.45) is 11.7 Å². The lowest BCUT2D eigenvalue weighted by molar-refractivity contribution is 0.605. The lowest BCUT2D eigenvalue weighted by Crippen LogP contribution is -1.91. The topological polar surface area (TPSA) is 26.0 Å². The van der Waals surface area contributed by atoms with Crippen molar-refractivity contribution < 1.29 is 0 Å². The molecule has 2 N–H and O–H groups in total. The van der Waals surface area contributed by atoms with Crippen molar-refractivity contribution >= 4 is 0 Å². The van der Waals surface area contributed by atoms with E-state index >= 15 is 0 Å². The van der Waals surface area contributed by atoms with E-state index in [1.807, 2.05) is 0 Å². The van der Waals surface area contributed by atoms with Gasteiger partial charge in [-0.05, 0) is 25.0 Å². The van der Waals surface area contributed by atoms with Crippen molar-refractivity contribution in [3.63, 3.8) is 0 Å². The summed E-state index contributed by atoms with van der Waals surface area (Å²) < 4.78 is 0. The van der Waals surface area contributed by atoms with Crippen LogP contribution in [0.5, 0.6) is 0 Å². The van der Waals surface area contributed by atoms with Gasteiger partial charge in [0.15, 0.2) is 0 Å². The third-order valence-corrected chi connectivity index (χ3v) is 1.43. The molecule has 48 valence electrons. The zero-order valence-electron chi connectivity index (χ0n) is 5.72. The third-order valence-electron chi connectivity index (χ3n) is 1.43. The molecule has 1 heteroatoms. The Morgan fingerprint density at radius 2 is 1.88 bits per heavy atom. The molecule has 0 atom stereocenters. The second-order valence-electron chi connectivity index (χ2n) is 1.96. The maximum atomic E-state index is 5.20. The minimum absolute atomic E-state index is 0.694. The van der Waals surface area contributed by atoms with E-state index in [4.69, 9.17) is 5.73 Å². The van der Waals surface area contributed by atoms with Crippen LogP contribution in [0.3, 0.4) is 0 Å². The summed E-state index contributed by atoms with van der Waals surface area (Å²) in [6, 6.07) is 0. The Balaban J connectivity index is 3.36. The molecule has 0 spiro atoms. The smallest absolute Gasteiger partial charge is 0.0100 e. The SMILES string of the molecule is CCC(C=CN)CC. The van der Waals surface area contributed by atoms with Crippen molar-refractivity contribution in [3.8, 4) is 0 Å². The molecule has 0 saturated heterocycles. The van der Waals surface area contributed by atoms with Gasteiger partial charge in [0.2, 0.25) is 0 Å².